The number of aryl methyl sites for hydroxylation is 1. The van der Waals surface area contributed by atoms with E-state index in [0.29, 0.717) is 24.6 Å². The Bertz CT molecular complexity index is 866. The van der Waals surface area contributed by atoms with Gasteiger partial charge in [0.1, 0.15) is 11.6 Å². The van der Waals surface area contributed by atoms with Crippen molar-refractivity contribution in [3.05, 3.63) is 71.8 Å². The molecule has 0 spiro atoms. The average molecular weight is 331 g/mol. The zero-order valence-electron chi connectivity index (χ0n) is 13.3. The summed E-state index contributed by atoms with van der Waals surface area (Å²) in [6, 6.07) is 5.58. The molecule has 2 heterocycles. The van der Waals surface area contributed by atoms with Gasteiger partial charge in [-0.1, -0.05) is 6.07 Å². The first-order valence-corrected chi connectivity index (χ1v) is 7.44. The highest BCUT2D eigenvalue weighted by Crippen LogP contribution is 2.32. The first-order valence-electron chi connectivity index (χ1n) is 7.44. The van der Waals surface area contributed by atoms with E-state index in [2.05, 4.69) is 9.97 Å². The first kappa shape index (κ1) is 16.2. The largest absolute Gasteiger partial charge is 0.331 e. The number of hydrogen-bond acceptors (Lipinski definition) is 2. The molecular weight excluding hydrogens is 315 g/mol. The predicted molar refractivity (Wildman–Crippen MR) is 85.3 cm³/mol. The van der Waals surface area contributed by atoms with Crippen LogP contribution in [0.3, 0.4) is 0 Å². The van der Waals surface area contributed by atoms with Crippen molar-refractivity contribution in [2.24, 2.45) is 0 Å². The van der Waals surface area contributed by atoms with Gasteiger partial charge in [-0.3, -0.25) is 4.98 Å². The maximum atomic E-state index is 13.7. The number of imidazole rings is 1. The molecule has 0 atom stereocenters. The lowest BCUT2D eigenvalue weighted by atomic mass is 10.0. The summed E-state index contributed by atoms with van der Waals surface area (Å²) in [5.41, 5.74) is 1.46. The molecule has 0 fully saturated rings. The van der Waals surface area contributed by atoms with E-state index in [1.807, 2.05) is 23.8 Å². The monoisotopic (exact) mass is 331 g/mol. The third-order valence-electron chi connectivity index (χ3n) is 3.84. The van der Waals surface area contributed by atoms with E-state index >= 15 is 0 Å². The van der Waals surface area contributed by atoms with Gasteiger partial charge in [0.2, 0.25) is 0 Å². The van der Waals surface area contributed by atoms with Crippen molar-refractivity contribution in [1.29, 1.82) is 0 Å². The SMILES string of the molecule is Cc1nccn1Cc1cncc(-c2ccc(F)c(C(C)(F)F)c2)c1. The summed E-state index contributed by atoms with van der Waals surface area (Å²) in [7, 11) is 0. The van der Waals surface area contributed by atoms with Gasteiger partial charge in [0.15, 0.2) is 0 Å². The van der Waals surface area contributed by atoms with Crippen LogP contribution in [-0.4, -0.2) is 14.5 Å². The van der Waals surface area contributed by atoms with E-state index in [-0.39, 0.29) is 0 Å². The number of rotatable bonds is 4. The molecular formula is C18H16F3N3. The number of aromatic nitrogens is 3. The Morgan fingerprint density at radius 1 is 1.12 bits per heavy atom. The predicted octanol–water partition coefficient (Wildman–Crippen LogP) is 4.55. The molecule has 2 aromatic heterocycles. The lowest BCUT2D eigenvalue weighted by molar-refractivity contribution is 0.0138. The Kier molecular flexibility index (Phi) is 4.13. The minimum atomic E-state index is -3.24. The number of pyridine rings is 1. The van der Waals surface area contributed by atoms with E-state index in [0.717, 1.165) is 17.5 Å². The number of alkyl halides is 2. The van der Waals surface area contributed by atoms with Gasteiger partial charge in [-0.2, -0.15) is 0 Å². The lowest BCUT2D eigenvalue weighted by Gasteiger charge is -2.14. The minimum Gasteiger partial charge on any atom is -0.331 e. The van der Waals surface area contributed by atoms with E-state index < -0.39 is 17.3 Å². The zero-order valence-corrected chi connectivity index (χ0v) is 13.3. The summed E-state index contributed by atoms with van der Waals surface area (Å²) in [6.45, 7) is 3.16. The molecule has 0 saturated heterocycles. The van der Waals surface area contributed by atoms with Crippen LogP contribution in [0.5, 0.6) is 0 Å². The number of benzene rings is 1. The zero-order chi connectivity index (χ0) is 17.3. The summed E-state index contributed by atoms with van der Waals surface area (Å²) < 4.78 is 42.6. The van der Waals surface area contributed by atoms with Crippen LogP contribution in [0.25, 0.3) is 11.1 Å². The molecule has 0 aliphatic rings. The lowest BCUT2D eigenvalue weighted by Crippen LogP contribution is -2.10. The maximum Gasteiger partial charge on any atom is 0.273 e. The number of halogens is 3. The molecule has 0 amide bonds. The van der Waals surface area contributed by atoms with Crippen LogP contribution in [0.4, 0.5) is 13.2 Å². The van der Waals surface area contributed by atoms with Crippen molar-refractivity contribution in [3.63, 3.8) is 0 Å². The molecule has 3 aromatic rings. The van der Waals surface area contributed by atoms with Crippen molar-refractivity contribution in [2.75, 3.05) is 0 Å². The molecule has 1 aromatic carbocycles. The third-order valence-corrected chi connectivity index (χ3v) is 3.84. The van der Waals surface area contributed by atoms with Crippen LogP contribution in [-0.2, 0) is 12.5 Å². The van der Waals surface area contributed by atoms with Gasteiger partial charge in [0.05, 0.1) is 12.1 Å². The third kappa shape index (κ3) is 3.32. The standard InChI is InChI=1S/C18H16F3N3/c1-12-23-5-6-24(12)11-13-7-15(10-22-9-13)14-3-4-17(19)16(8-14)18(2,20)21/h3-10H,11H2,1-2H3. The molecule has 124 valence electrons. The molecule has 0 saturated carbocycles. The average Bonchev–Trinajstić information content (AvgIpc) is 2.92. The summed E-state index contributed by atoms with van der Waals surface area (Å²) in [4.78, 5) is 8.33. The highest BCUT2D eigenvalue weighted by Gasteiger charge is 2.28. The first-order chi connectivity index (χ1) is 11.3. The molecule has 0 aliphatic carbocycles. The fourth-order valence-corrected chi connectivity index (χ4v) is 2.54. The quantitative estimate of drug-likeness (QED) is 0.702. The van der Waals surface area contributed by atoms with E-state index in [9.17, 15) is 13.2 Å². The summed E-state index contributed by atoms with van der Waals surface area (Å²) in [5.74, 6) is -3.28. The molecule has 0 N–H and O–H groups in total. The summed E-state index contributed by atoms with van der Waals surface area (Å²) in [6.07, 6.45) is 6.86. The van der Waals surface area contributed by atoms with Crippen molar-refractivity contribution in [1.82, 2.24) is 14.5 Å². The topological polar surface area (TPSA) is 30.7 Å². The van der Waals surface area contributed by atoms with Crippen molar-refractivity contribution in [3.8, 4) is 11.1 Å². The Labute approximate surface area is 137 Å². The van der Waals surface area contributed by atoms with Gasteiger partial charge in [-0.15, -0.1) is 0 Å². The Morgan fingerprint density at radius 3 is 2.58 bits per heavy atom. The second kappa shape index (κ2) is 6.11. The van der Waals surface area contributed by atoms with Gasteiger partial charge < -0.3 is 4.57 Å². The van der Waals surface area contributed by atoms with Crippen LogP contribution in [0.2, 0.25) is 0 Å². The molecule has 3 rings (SSSR count). The van der Waals surface area contributed by atoms with E-state index in [1.165, 1.54) is 12.1 Å². The van der Waals surface area contributed by atoms with E-state index in [4.69, 9.17) is 0 Å². The maximum absolute atomic E-state index is 13.7. The van der Waals surface area contributed by atoms with Crippen LogP contribution in [0, 0.1) is 12.7 Å². The van der Waals surface area contributed by atoms with Crippen molar-refractivity contribution < 1.29 is 13.2 Å². The van der Waals surface area contributed by atoms with Crippen molar-refractivity contribution >= 4 is 0 Å². The summed E-state index contributed by atoms with van der Waals surface area (Å²) in [5, 5.41) is 0. The van der Waals surface area contributed by atoms with Gasteiger partial charge in [0, 0.05) is 37.3 Å². The van der Waals surface area contributed by atoms with Crippen LogP contribution >= 0.6 is 0 Å². The van der Waals surface area contributed by atoms with Crippen LogP contribution < -0.4 is 0 Å². The Balaban J connectivity index is 1.96. The van der Waals surface area contributed by atoms with Crippen molar-refractivity contribution in [2.45, 2.75) is 26.3 Å². The molecule has 0 bridgehead atoms. The summed E-state index contributed by atoms with van der Waals surface area (Å²) >= 11 is 0. The highest BCUT2D eigenvalue weighted by molar-refractivity contribution is 5.64. The smallest absolute Gasteiger partial charge is 0.273 e. The van der Waals surface area contributed by atoms with Gasteiger partial charge >= 0.3 is 0 Å². The Morgan fingerprint density at radius 2 is 1.92 bits per heavy atom. The number of nitrogens with zero attached hydrogens (tertiary/aromatic N) is 3. The van der Waals surface area contributed by atoms with Gasteiger partial charge in [-0.25, -0.2) is 18.2 Å². The molecule has 0 radical (unpaired) electrons. The van der Waals surface area contributed by atoms with Gasteiger partial charge in [-0.05, 0) is 36.2 Å². The second-order valence-corrected chi connectivity index (χ2v) is 5.77. The van der Waals surface area contributed by atoms with E-state index in [1.54, 1.807) is 18.6 Å². The Hall–Kier alpha value is -2.63. The van der Waals surface area contributed by atoms with Crippen LogP contribution in [0.15, 0.2) is 49.1 Å². The normalized spacial score (nSPS) is 11.7. The molecule has 24 heavy (non-hydrogen) atoms. The highest BCUT2D eigenvalue weighted by atomic mass is 19.3. The number of hydrogen-bond donors (Lipinski definition) is 0. The molecule has 0 unspecified atom stereocenters. The molecule has 6 heteroatoms. The second-order valence-electron chi connectivity index (χ2n) is 5.77. The molecule has 0 aliphatic heterocycles. The fraction of sp³-hybridized carbons (Fsp3) is 0.222. The fourth-order valence-electron chi connectivity index (χ4n) is 2.54. The molecule has 3 nitrogen and oxygen atoms in total. The van der Waals surface area contributed by atoms with Crippen LogP contribution in [0.1, 0.15) is 23.9 Å². The minimum absolute atomic E-state index is 0.504. The van der Waals surface area contributed by atoms with Gasteiger partial charge in [0.25, 0.3) is 5.92 Å².